The third-order valence-electron chi connectivity index (χ3n) is 2.20. The van der Waals surface area contributed by atoms with Gasteiger partial charge < -0.3 is 4.90 Å². The van der Waals surface area contributed by atoms with Gasteiger partial charge in [-0.25, -0.2) is 0 Å². The minimum absolute atomic E-state index is 0.954. The summed E-state index contributed by atoms with van der Waals surface area (Å²) in [5.41, 5.74) is 2.36. The maximum absolute atomic E-state index is 3.82. The van der Waals surface area contributed by atoms with Gasteiger partial charge in [0, 0.05) is 17.9 Å². The van der Waals surface area contributed by atoms with Crippen LogP contribution < -0.4 is 4.90 Å². The minimum atomic E-state index is 0.954. The second-order valence-electron chi connectivity index (χ2n) is 3.00. The number of anilines is 1. The molecule has 1 aromatic rings. The Bertz CT molecular complexity index is 311. The van der Waals surface area contributed by atoms with E-state index in [0.717, 1.165) is 12.2 Å². The van der Waals surface area contributed by atoms with Crippen LogP contribution in [0.3, 0.4) is 0 Å². The molecule has 1 heteroatoms. The maximum Gasteiger partial charge on any atom is 0.0410 e. The monoisotopic (exact) mass is 187 g/mol. The lowest BCUT2D eigenvalue weighted by Crippen LogP contribution is -2.20. The standard InChI is InChI=1S/C13H17N/c1-4-12(5-2)14(6-3)13-10-8-7-9-11-13/h4-5,7-11H,1,6H2,2-3H3/b12-5+. The molecule has 1 aromatic carbocycles. The zero-order chi connectivity index (χ0) is 10.4. The van der Waals surface area contributed by atoms with Crippen molar-refractivity contribution in [2.45, 2.75) is 13.8 Å². The number of benzene rings is 1. The molecule has 1 rings (SSSR count). The van der Waals surface area contributed by atoms with Crippen LogP contribution >= 0.6 is 0 Å². The number of hydrogen-bond acceptors (Lipinski definition) is 1. The van der Waals surface area contributed by atoms with Gasteiger partial charge in [-0.15, -0.1) is 0 Å². The van der Waals surface area contributed by atoms with Gasteiger partial charge in [-0.05, 0) is 32.1 Å². The van der Waals surface area contributed by atoms with Crippen LogP contribution in [0.1, 0.15) is 13.8 Å². The van der Waals surface area contributed by atoms with Crippen LogP contribution in [0.25, 0.3) is 0 Å². The van der Waals surface area contributed by atoms with Crippen molar-refractivity contribution >= 4 is 5.69 Å². The molecule has 14 heavy (non-hydrogen) atoms. The molecule has 0 N–H and O–H groups in total. The molecule has 0 fully saturated rings. The van der Waals surface area contributed by atoms with Gasteiger partial charge in [0.25, 0.3) is 0 Å². The predicted molar refractivity (Wildman–Crippen MR) is 63.4 cm³/mol. The second-order valence-corrected chi connectivity index (χ2v) is 3.00. The van der Waals surface area contributed by atoms with Gasteiger partial charge in [0.1, 0.15) is 0 Å². The van der Waals surface area contributed by atoms with Crippen molar-refractivity contribution in [2.24, 2.45) is 0 Å². The van der Waals surface area contributed by atoms with Crippen molar-refractivity contribution in [3.05, 3.63) is 54.8 Å². The molecule has 1 nitrogen and oxygen atoms in total. The van der Waals surface area contributed by atoms with Crippen LogP contribution in [0, 0.1) is 0 Å². The predicted octanol–water partition coefficient (Wildman–Crippen LogP) is 3.60. The fourth-order valence-corrected chi connectivity index (χ4v) is 1.51. The number of rotatable bonds is 4. The number of likely N-dealkylation sites (N-methyl/N-ethyl adjacent to an activating group) is 1. The zero-order valence-corrected chi connectivity index (χ0v) is 8.90. The van der Waals surface area contributed by atoms with E-state index in [1.165, 1.54) is 5.69 Å². The van der Waals surface area contributed by atoms with Gasteiger partial charge in [-0.2, -0.15) is 0 Å². The molecule has 0 saturated carbocycles. The van der Waals surface area contributed by atoms with Gasteiger partial charge in [-0.3, -0.25) is 0 Å². The molecule has 0 atom stereocenters. The average Bonchev–Trinajstić information content (AvgIpc) is 2.27. The van der Waals surface area contributed by atoms with Gasteiger partial charge in [-0.1, -0.05) is 30.9 Å². The lowest BCUT2D eigenvalue weighted by atomic mass is 10.2. The molecule has 0 amide bonds. The first-order valence-corrected chi connectivity index (χ1v) is 4.94. The van der Waals surface area contributed by atoms with Gasteiger partial charge in [0.05, 0.1) is 0 Å². The first kappa shape index (κ1) is 10.6. The number of nitrogens with zero attached hydrogens (tertiary/aromatic N) is 1. The molecule has 0 spiro atoms. The summed E-state index contributed by atoms with van der Waals surface area (Å²) in [5, 5.41) is 0. The van der Waals surface area contributed by atoms with E-state index >= 15 is 0 Å². The van der Waals surface area contributed by atoms with Gasteiger partial charge >= 0.3 is 0 Å². The molecular weight excluding hydrogens is 170 g/mol. The normalized spacial score (nSPS) is 11.1. The summed E-state index contributed by atoms with van der Waals surface area (Å²) in [6, 6.07) is 10.3. The van der Waals surface area contributed by atoms with E-state index in [2.05, 4.69) is 36.6 Å². The van der Waals surface area contributed by atoms with Crippen LogP contribution in [-0.4, -0.2) is 6.54 Å². The van der Waals surface area contributed by atoms with Crippen molar-refractivity contribution in [3.8, 4) is 0 Å². The molecule has 74 valence electrons. The average molecular weight is 187 g/mol. The highest BCUT2D eigenvalue weighted by Gasteiger charge is 2.04. The minimum Gasteiger partial charge on any atom is -0.342 e. The Hall–Kier alpha value is -1.50. The molecule has 0 aliphatic rings. The molecule has 0 saturated heterocycles. The Morgan fingerprint density at radius 3 is 2.43 bits per heavy atom. The highest BCUT2D eigenvalue weighted by Crippen LogP contribution is 2.18. The van der Waals surface area contributed by atoms with Crippen molar-refractivity contribution in [1.29, 1.82) is 0 Å². The summed E-state index contributed by atoms with van der Waals surface area (Å²) in [5.74, 6) is 0. The summed E-state index contributed by atoms with van der Waals surface area (Å²) in [6.07, 6.45) is 3.96. The van der Waals surface area contributed by atoms with Crippen molar-refractivity contribution in [3.63, 3.8) is 0 Å². The lowest BCUT2D eigenvalue weighted by molar-refractivity contribution is 0.976. The van der Waals surface area contributed by atoms with Gasteiger partial charge in [0.15, 0.2) is 0 Å². The molecule has 0 unspecified atom stereocenters. The van der Waals surface area contributed by atoms with Crippen LogP contribution in [0.5, 0.6) is 0 Å². The van der Waals surface area contributed by atoms with E-state index < -0.39 is 0 Å². The zero-order valence-electron chi connectivity index (χ0n) is 8.90. The Balaban J connectivity index is 2.98. The quantitative estimate of drug-likeness (QED) is 0.651. The molecular formula is C13H17N. The van der Waals surface area contributed by atoms with Crippen molar-refractivity contribution < 1.29 is 0 Å². The number of para-hydroxylation sites is 1. The summed E-state index contributed by atoms with van der Waals surface area (Å²) in [4.78, 5) is 2.23. The summed E-state index contributed by atoms with van der Waals surface area (Å²) in [7, 11) is 0. The SMILES string of the molecule is C=C/C(=C\C)N(CC)c1ccccc1. The van der Waals surface area contributed by atoms with Crippen LogP contribution in [0.2, 0.25) is 0 Å². The number of hydrogen-bond donors (Lipinski definition) is 0. The topological polar surface area (TPSA) is 3.24 Å². The third-order valence-corrected chi connectivity index (χ3v) is 2.20. The Morgan fingerprint density at radius 2 is 2.00 bits per heavy atom. The fraction of sp³-hybridized carbons (Fsp3) is 0.231. The maximum atomic E-state index is 3.82. The second kappa shape index (κ2) is 5.28. The number of allylic oxidation sites excluding steroid dienone is 2. The Labute approximate surface area is 86.4 Å². The molecule has 0 radical (unpaired) electrons. The lowest BCUT2D eigenvalue weighted by Gasteiger charge is -2.23. The van der Waals surface area contributed by atoms with Crippen molar-refractivity contribution in [1.82, 2.24) is 0 Å². The summed E-state index contributed by atoms with van der Waals surface area (Å²) >= 11 is 0. The van der Waals surface area contributed by atoms with Crippen molar-refractivity contribution in [2.75, 3.05) is 11.4 Å². The van der Waals surface area contributed by atoms with E-state index in [4.69, 9.17) is 0 Å². The smallest absolute Gasteiger partial charge is 0.0410 e. The Morgan fingerprint density at radius 1 is 1.36 bits per heavy atom. The molecule has 0 aliphatic heterocycles. The summed E-state index contributed by atoms with van der Waals surface area (Å²) in [6.45, 7) is 8.94. The third kappa shape index (κ3) is 2.25. The van der Waals surface area contributed by atoms with Gasteiger partial charge in [0.2, 0.25) is 0 Å². The van der Waals surface area contributed by atoms with Crippen LogP contribution in [0.15, 0.2) is 54.8 Å². The van der Waals surface area contributed by atoms with E-state index in [-0.39, 0.29) is 0 Å². The van der Waals surface area contributed by atoms with E-state index in [0.29, 0.717) is 0 Å². The largest absolute Gasteiger partial charge is 0.342 e. The molecule has 0 bridgehead atoms. The van der Waals surface area contributed by atoms with E-state index in [9.17, 15) is 0 Å². The highest BCUT2D eigenvalue weighted by molar-refractivity contribution is 5.53. The van der Waals surface area contributed by atoms with E-state index in [1.807, 2.05) is 31.2 Å². The summed E-state index contributed by atoms with van der Waals surface area (Å²) < 4.78 is 0. The Kier molecular flexibility index (Phi) is 3.99. The highest BCUT2D eigenvalue weighted by atomic mass is 15.1. The molecule has 0 heterocycles. The first-order chi connectivity index (χ1) is 6.83. The van der Waals surface area contributed by atoms with Crippen LogP contribution in [-0.2, 0) is 0 Å². The molecule has 0 aromatic heterocycles. The van der Waals surface area contributed by atoms with E-state index in [1.54, 1.807) is 0 Å². The van der Waals surface area contributed by atoms with Crippen LogP contribution in [0.4, 0.5) is 5.69 Å². The fourth-order valence-electron chi connectivity index (χ4n) is 1.51. The molecule has 0 aliphatic carbocycles. The first-order valence-electron chi connectivity index (χ1n) is 4.94.